The predicted octanol–water partition coefficient (Wildman–Crippen LogP) is 3.12. The maximum atomic E-state index is 5.74. The molecule has 0 amide bonds. The predicted molar refractivity (Wildman–Crippen MR) is 117 cm³/mol. The van der Waals surface area contributed by atoms with Gasteiger partial charge in [-0.1, -0.05) is 13.3 Å². The van der Waals surface area contributed by atoms with E-state index in [4.69, 9.17) is 4.42 Å². The summed E-state index contributed by atoms with van der Waals surface area (Å²) in [5, 5.41) is 11.5. The Labute approximate surface area is 174 Å². The number of hydrogen-bond donors (Lipinski definition) is 2. The number of furan rings is 1. The topological polar surface area (TPSA) is 70.6 Å². The molecule has 0 aliphatic carbocycles. The summed E-state index contributed by atoms with van der Waals surface area (Å²) in [4.78, 5) is 6.93. The van der Waals surface area contributed by atoms with Gasteiger partial charge in [-0.05, 0) is 63.9 Å². The molecule has 1 saturated heterocycles. The van der Waals surface area contributed by atoms with Crippen molar-refractivity contribution in [3.05, 3.63) is 41.6 Å². The molecule has 0 saturated carbocycles. The Hall–Kier alpha value is -2.28. The second-order valence-corrected chi connectivity index (χ2v) is 8.18. The number of hydrogen-bond acceptors (Lipinski definition) is 4. The van der Waals surface area contributed by atoms with E-state index in [1.54, 1.807) is 6.26 Å². The van der Waals surface area contributed by atoms with Gasteiger partial charge in [0, 0.05) is 32.4 Å². The molecule has 2 unspecified atom stereocenters. The Kier molecular flexibility index (Phi) is 7.75. The number of likely N-dealkylation sites (tertiary alicyclic amines) is 1. The van der Waals surface area contributed by atoms with Crippen LogP contribution >= 0.6 is 0 Å². The summed E-state index contributed by atoms with van der Waals surface area (Å²) in [5.41, 5.74) is 2.28. The quantitative estimate of drug-likeness (QED) is 0.526. The number of aliphatic imine (C=N–C) groups is 1. The van der Waals surface area contributed by atoms with Crippen LogP contribution in [0, 0.1) is 19.8 Å². The van der Waals surface area contributed by atoms with E-state index in [0.29, 0.717) is 5.92 Å². The van der Waals surface area contributed by atoms with Crippen molar-refractivity contribution in [2.24, 2.45) is 10.9 Å². The normalized spacial score (nSPS) is 17.9. The average molecular weight is 401 g/mol. The smallest absolute Gasteiger partial charge is 0.191 e. The molecule has 3 rings (SSSR count). The van der Waals surface area contributed by atoms with E-state index in [1.807, 2.05) is 20.0 Å². The number of nitrogens with one attached hydrogen (secondary N) is 2. The molecule has 29 heavy (non-hydrogen) atoms. The van der Waals surface area contributed by atoms with E-state index < -0.39 is 0 Å². The van der Waals surface area contributed by atoms with Gasteiger partial charge in [-0.25, -0.2) is 0 Å². The minimum Gasteiger partial charge on any atom is -0.468 e. The zero-order valence-corrected chi connectivity index (χ0v) is 18.3. The van der Waals surface area contributed by atoms with Crippen LogP contribution in [0.5, 0.6) is 0 Å². The number of guanidine groups is 1. The first-order valence-corrected chi connectivity index (χ1v) is 10.8. The average Bonchev–Trinajstić information content (AvgIpc) is 3.35. The lowest BCUT2D eigenvalue weighted by Gasteiger charge is -2.33. The molecule has 7 nitrogen and oxygen atoms in total. The molecule has 160 valence electrons. The first kappa shape index (κ1) is 21.4. The van der Waals surface area contributed by atoms with Crippen molar-refractivity contribution in [1.29, 1.82) is 0 Å². The van der Waals surface area contributed by atoms with Crippen molar-refractivity contribution < 1.29 is 4.42 Å². The minimum absolute atomic E-state index is 0.232. The molecule has 0 bridgehead atoms. The molecule has 1 aliphatic heterocycles. The van der Waals surface area contributed by atoms with Gasteiger partial charge >= 0.3 is 0 Å². The van der Waals surface area contributed by atoms with E-state index in [1.165, 1.54) is 25.0 Å². The third kappa shape index (κ3) is 6.10. The molecular formula is C22H36N6O. The largest absolute Gasteiger partial charge is 0.468 e. The van der Waals surface area contributed by atoms with Gasteiger partial charge in [0.2, 0.25) is 0 Å². The molecular weight excluding hydrogens is 364 g/mol. The third-order valence-corrected chi connectivity index (χ3v) is 5.60. The van der Waals surface area contributed by atoms with Gasteiger partial charge in [0.05, 0.1) is 18.0 Å². The molecule has 3 heterocycles. The molecule has 2 aromatic heterocycles. The Balaban J connectivity index is 1.51. The maximum Gasteiger partial charge on any atom is 0.191 e. The fourth-order valence-corrected chi connectivity index (χ4v) is 4.02. The summed E-state index contributed by atoms with van der Waals surface area (Å²) in [6.07, 6.45) is 5.60. The van der Waals surface area contributed by atoms with Gasteiger partial charge in [-0.2, -0.15) is 5.10 Å². The lowest BCUT2D eigenvalue weighted by atomic mass is 10.1. The van der Waals surface area contributed by atoms with Crippen LogP contribution in [0.25, 0.3) is 0 Å². The van der Waals surface area contributed by atoms with E-state index >= 15 is 0 Å². The Bertz CT molecular complexity index is 760. The van der Waals surface area contributed by atoms with Crippen molar-refractivity contribution in [3.63, 3.8) is 0 Å². The lowest BCUT2D eigenvalue weighted by molar-refractivity contribution is 0.146. The highest BCUT2D eigenvalue weighted by Gasteiger charge is 2.24. The fourth-order valence-electron chi connectivity index (χ4n) is 4.02. The van der Waals surface area contributed by atoms with Crippen LogP contribution in [0.4, 0.5) is 0 Å². The molecule has 0 radical (unpaired) electrons. The number of aromatic nitrogens is 2. The number of piperidine rings is 1. The van der Waals surface area contributed by atoms with Crippen molar-refractivity contribution in [2.45, 2.75) is 52.6 Å². The third-order valence-electron chi connectivity index (χ3n) is 5.60. The first-order chi connectivity index (χ1) is 14.1. The van der Waals surface area contributed by atoms with Crippen LogP contribution in [0.3, 0.4) is 0 Å². The summed E-state index contributed by atoms with van der Waals surface area (Å²) >= 11 is 0. The van der Waals surface area contributed by atoms with Crippen molar-refractivity contribution >= 4 is 5.96 Å². The SMILES string of the molecule is CN=C(NCC(C)Cn1nc(C)cc1C)NCC(c1ccco1)N1CCCCC1. The summed E-state index contributed by atoms with van der Waals surface area (Å²) in [7, 11) is 1.82. The summed E-state index contributed by atoms with van der Waals surface area (Å²) in [5.74, 6) is 2.29. The van der Waals surface area contributed by atoms with Crippen LogP contribution in [0.15, 0.2) is 33.9 Å². The highest BCUT2D eigenvalue weighted by molar-refractivity contribution is 5.79. The Morgan fingerprint density at radius 2 is 1.97 bits per heavy atom. The molecule has 1 aliphatic rings. The number of rotatable bonds is 8. The van der Waals surface area contributed by atoms with Crippen molar-refractivity contribution in [2.75, 3.05) is 33.2 Å². The van der Waals surface area contributed by atoms with Crippen molar-refractivity contribution in [3.8, 4) is 0 Å². The monoisotopic (exact) mass is 400 g/mol. The highest BCUT2D eigenvalue weighted by Crippen LogP contribution is 2.24. The van der Waals surface area contributed by atoms with Gasteiger partial charge in [-0.3, -0.25) is 14.6 Å². The maximum absolute atomic E-state index is 5.74. The van der Waals surface area contributed by atoms with Gasteiger partial charge in [0.25, 0.3) is 0 Å². The second-order valence-electron chi connectivity index (χ2n) is 8.18. The summed E-state index contributed by atoms with van der Waals surface area (Å²) in [6, 6.07) is 6.40. The van der Waals surface area contributed by atoms with Crippen LogP contribution in [-0.4, -0.2) is 53.9 Å². The van der Waals surface area contributed by atoms with Gasteiger partial charge in [-0.15, -0.1) is 0 Å². The standard InChI is InChI=1S/C22H36N6O/c1-17(16-28-19(3)13-18(2)26-28)14-24-22(23-4)25-15-20(21-9-8-12-29-21)27-10-6-5-7-11-27/h8-9,12-13,17,20H,5-7,10-11,14-16H2,1-4H3,(H2,23,24,25). The number of aryl methyl sites for hydroxylation is 2. The molecule has 0 aromatic carbocycles. The van der Waals surface area contributed by atoms with Crippen molar-refractivity contribution in [1.82, 2.24) is 25.3 Å². The van der Waals surface area contributed by atoms with Gasteiger partial charge < -0.3 is 15.1 Å². The van der Waals surface area contributed by atoms with Gasteiger partial charge in [0.1, 0.15) is 5.76 Å². The summed E-state index contributed by atoms with van der Waals surface area (Å²) < 4.78 is 7.83. The van der Waals surface area contributed by atoms with E-state index in [-0.39, 0.29) is 6.04 Å². The van der Waals surface area contributed by atoms with Crippen LogP contribution in [-0.2, 0) is 6.54 Å². The highest BCUT2D eigenvalue weighted by atomic mass is 16.3. The van der Waals surface area contributed by atoms with Gasteiger partial charge in [0.15, 0.2) is 5.96 Å². The Morgan fingerprint density at radius 1 is 1.21 bits per heavy atom. The first-order valence-electron chi connectivity index (χ1n) is 10.8. The second kappa shape index (κ2) is 10.5. The zero-order valence-electron chi connectivity index (χ0n) is 18.3. The van der Waals surface area contributed by atoms with Crippen LogP contribution < -0.4 is 10.6 Å². The molecule has 2 N–H and O–H groups in total. The van der Waals surface area contributed by atoms with E-state index in [2.05, 4.69) is 56.3 Å². The number of nitrogens with zero attached hydrogens (tertiary/aromatic N) is 4. The van der Waals surface area contributed by atoms with Crippen LogP contribution in [0.1, 0.15) is 49.4 Å². The molecule has 1 fully saturated rings. The fraction of sp³-hybridized carbons (Fsp3) is 0.636. The van der Waals surface area contributed by atoms with E-state index in [9.17, 15) is 0 Å². The summed E-state index contributed by atoms with van der Waals surface area (Å²) in [6.45, 7) is 11.1. The minimum atomic E-state index is 0.232. The lowest BCUT2D eigenvalue weighted by Crippen LogP contribution is -2.45. The van der Waals surface area contributed by atoms with E-state index in [0.717, 1.165) is 50.1 Å². The zero-order chi connectivity index (χ0) is 20.6. The Morgan fingerprint density at radius 3 is 2.59 bits per heavy atom. The molecule has 2 atom stereocenters. The molecule has 0 spiro atoms. The molecule has 2 aromatic rings. The van der Waals surface area contributed by atoms with Crippen LogP contribution in [0.2, 0.25) is 0 Å². The molecule has 7 heteroatoms.